The number of thiazole rings is 1. The minimum Gasteiger partial charge on any atom is -0.462 e. The van der Waals surface area contributed by atoms with E-state index in [2.05, 4.69) is 15.0 Å². The first-order valence-corrected chi connectivity index (χ1v) is 8.17. The van der Waals surface area contributed by atoms with Gasteiger partial charge in [-0.15, -0.1) is 11.3 Å². The zero-order chi connectivity index (χ0) is 15.9. The Morgan fingerprint density at radius 3 is 2.48 bits per heavy atom. The number of hydrogen-bond donors (Lipinski definition) is 2. The second-order valence-corrected chi connectivity index (χ2v) is 7.03. The molecule has 0 spiro atoms. The molecule has 0 saturated carbocycles. The van der Waals surface area contributed by atoms with E-state index in [9.17, 15) is 9.90 Å². The van der Waals surface area contributed by atoms with Crippen molar-refractivity contribution in [2.75, 3.05) is 13.1 Å². The number of carbonyl (C=O) groups is 1. The fourth-order valence-electron chi connectivity index (χ4n) is 1.89. The third-order valence-corrected chi connectivity index (χ3v) is 4.08. The molecule has 2 rings (SSSR count). The minimum atomic E-state index is -0.429. The smallest absolute Gasteiger partial charge is 0.293 e. The van der Waals surface area contributed by atoms with Crippen molar-refractivity contribution in [3.8, 4) is 0 Å². The van der Waals surface area contributed by atoms with Crippen LogP contribution in [0.5, 0.6) is 0 Å². The zero-order valence-corrected chi connectivity index (χ0v) is 14.1. The standard InChI is InChI=1S/C10H16N2OS.C5H10O2/c1-7(13)9-6-14-10(12-9)8-2-4-11-5-3-8;1-5(2,3)7-4-6/h6-8,11,13H,2-5H2,1H3;4H,1-3H3. The molecule has 0 aromatic carbocycles. The van der Waals surface area contributed by atoms with Gasteiger partial charge in [0.2, 0.25) is 0 Å². The van der Waals surface area contributed by atoms with Crippen LogP contribution in [0.25, 0.3) is 0 Å². The van der Waals surface area contributed by atoms with Gasteiger partial charge in [-0.2, -0.15) is 0 Å². The Bertz CT molecular complexity index is 421. The van der Waals surface area contributed by atoms with E-state index in [1.54, 1.807) is 18.3 Å². The van der Waals surface area contributed by atoms with E-state index < -0.39 is 6.10 Å². The number of aliphatic hydroxyl groups excluding tert-OH is 1. The number of ether oxygens (including phenoxy) is 1. The molecular formula is C15H26N2O3S. The van der Waals surface area contributed by atoms with Gasteiger partial charge in [0.1, 0.15) is 5.60 Å². The van der Waals surface area contributed by atoms with Crippen LogP contribution in [0.1, 0.15) is 63.3 Å². The Balaban J connectivity index is 0.000000270. The lowest BCUT2D eigenvalue weighted by atomic mass is 9.99. The van der Waals surface area contributed by atoms with Crippen molar-refractivity contribution in [1.82, 2.24) is 10.3 Å². The lowest BCUT2D eigenvalue weighted by Gasteiger charge is -2.20. The van der Waals surface area contributed by atoms with Crippen molar-refractivity contribution in [3.63, 3.8) is 0 Å². The monoisotopic (exact) mass is 314 g/mol. The van der Waals surface area contributed by atoms with Gasteiger partial charge in [0, 0.05) is 11.3 Å². The van der Waals surface area contributed by atoms with Gasteiger partial charge in [0.15, 0.2) is 0 Å². The molecular weight excluding hydrogens is 288 g/mol. The summed E-state index contributed by atoms with van der Waals surface area (Å²) in [5.74, 6) is 0.605. The van der Waals surface area contributed by atoms with Crippen molar-refractivity contribution in [2.45, 2.75) is 58.2 Å². The highest BCUT2D eigenvalue weighted by Gasteiger charge is 2.19. The van der Waals surface area contributed by atoms with Crippen LogP contribution in [0.3, 0.4) is 0 Å². The SMILES string of the molecule is CC(C)(C)OC=O.CC(O)c1csc(C2CCNCC2)n1. The molecule has 1 aromatic heterocycles. The fraction of sp³-hybridized carbons (Fsp3) is 0.733. The molecule has 1 saturated heterocycles. The van der Waals surface area contributed by atoms with Crippen LogP contribution in [0.15, 0.2) is 5.38 Å². The maximum atomic E-state index is 9.60. The van der Waals surface area contributed by atoms with E-state index in [4.69, 9.17) is 0 Å². The maximum absolute atomic E-state index is 9.60. The molecule has 21 heavy (non-hydrogen) atoms. The van der Waals surface area contributed by atoms with E-state index in [1.807, 2.05) is 26.2 Å². The summed E-state index contributed by atoms with van der Waals surface area (Å²) >= 11 is 1.69. The highest BCUT2D eigenvalue weighted by Crippen LogP contribution is 2.29. The lowest BCUT2D eigenvalue weighted by molar-refractivity contribution is -0.138. The number of aromatic nitrogens is 1. The summed E-state index contributed by atoms with van der Waals surface area (Å²) in [7, 11) is 0. The third kappa shape index (κ3) is 7.02. The van der Waals surface area contributed by atoms with E-state index >= 15 is 0 Å². The van der Waals surface area contributed by atoms with Crippen LogP contribution < -0.4 is 5.32 Å². The Morgan fingerprint density at radius 1 is 1.48 bits per heavy atom. The molecule has 1 aliphatic rings. The molecule has 120 valence electrons. The van der Waals surface area contributed by atoms with Crippen LogP contribution in [-0.4, -0.2) is 35.3 Å². The predicted octanol–water partition coefficient (Wildman–Crippen LogP) is 2.62. The van der Waals surface area contributed by atoms with Crippen LogP contribution in [-0.2, 0) is 9.53 Å². The second-order valence-electron chi connectivity index (χ2n) is 6.14. The van der Waals surface area contributed by atoms with Gasteiger partial charge in [-0.25, -0.2) is 4.98 Å². The molecule has 0 amide bonds. The van der Waals surface area contributed by atoms with E-state index in [-0.39, 0.29) is 5.60 Å². The number of nitrogens with one attached hydrogen (secondary N) is 1. The summed E-state index contributed by atoms with van der Waals surface area (Å²) in [4.78, 5) is 14.1. The van der Waals surface area contributed by atoms with E-state index in [0.717, 1.165) is 18.8 Å². The summed E-state index contributed by atoms with van der Waals surface area (Å²) in [6.45, 7) is 9.87. The molecule has 1 aromatic rings. The predicted molar refractivity (Wildman–Crippen MR) is 84.5 cm³/mol. The minimum absolute atomic E-state index is 0.318. The molecule has 0 aliphatic carbocycles. The van der Waals surface area contributed by atoms with Crippen molar-refractivity contribution >= 4 is 17.8 Å². The Labute approximate surface area is 130 Å². The lowest BCUT2D eigenvalue weighted by Crippen LogP contribution is -2.26. The summed E-state index contributed by atoms with van der Waals surface area (Å²) in [5.41, 5.74) is 0.505. The number of nitrogens with zero attached hydrogens (tertiary/aromatic N) is 1. The first-order valence-electron chi connectivity index (χ1n) is 7.29. The molecule has 6 heteroatoms. The average Bonchev–Trinajstić information content (AvgIpc) is 2.89. The summed E-state index contributed by atoms with van der Waals surface area (Å²) in [5, 5.41) is 15.9. The van der Waals surface area contributed by atoms with Crippen molar-refractivity contribution in [3.05, 3.63) is 16.1 Å². The van der Waals surface area contributed by atoms with Gasteiger partial charge in [0.05, 0.1) is 16.8 Å². The quantitative estimate of drug-likeness (QED) is 0.839. The number of aliphatic hydroxyl groups is 1. The van der Waals surface area contributed by atoms with Crippen LogP contribution in [0.4, 0.5) is 0 Å². The Morgan fingerprint density at radius 2 is 2.10 bits per heavy atom. The Kier molecular flexibility index (Phi) is 7.28. The third-order valence-electron chi connectivity index (χ3n) is 3.06. The van der Waals surface area contributed by atoms with E-state index in [1.165, 1.54) is 17.8 Å². The highest BCUT2D eigenvalue weighted by molar-refractivity contribution is 7.09. The molecule has 1 unspecified atom stereocenters. The molecule has 2 heterocycles. The van der Waals surface area contributed by atoms with Gasteiger partial charge in [-0.05, 0) is 53.6 Å². The van der Waals surface area contributed by atoms with Crippen LogP contribution >= 0.6 is 11.3 Å². The van der Waals surface area contributed by atoms with Gasteiger partial charge < -0.3 is 15.2 Å². The first kappa shape index (κ1) is 18.1. The van der Waals surface area contributed by atoms with Gasteiger partial charge >= 0.3 is 0 Å². The van der Waals surface area contributed by atoms with Gasteiger partial charge in [-0.3, -0.25) is 4.79 Å². The summed E-state index contributed by atoms with van der Waals surface area (Å²) < 4.78 is 4.55. The Hall–Kier alpha value is -0.980. The van der Waals surface area contributed by atoms with E-state index in [0.29, 0.717) is 12.4 Å². The average molecular weight is 314 g/mol. The molecule has 0 bridgehead atoms. The fourth-order valence-corrected chi connectivity index (χ4v) is 2.97. The first-order chi connectivity index (χ1) is 9.83. The maximum Gasteiger partial charge on any atom is 0.293 e. The molecule has 0 radical (unpaired) electrons. The number of piperidine rings is 1. The van der Waals surface area contributed by atoms with Crippen LogP contribution in [0, 0.1) is 0 Å². The summed E-state index contributed by atoms with van der Waals surface area (Å²) in [6, 6.07) is 0. The largest absolute Gasteiger partial charge is 0.462 e. The normalized spacial score (nSPS) is 17.6. The second kappa shape index (κ2) is 8.46. The molecule has 1 fully saturated rings. The number of hydrogen-bond acceptors (Lipinski definition) is 6. The van der Waals surface area contributed by atoms with Crippen molar-refractivity contribution in [2.24, 2.45) is 0 Å². The highest BCUT2D eigenvalue weighted by atomic mass is 32.1. The molecule has 5 nitrogen and oxygen atoms in total. The zero-order valence-electron chi connectivity index (χ0n) is 13.3. The van der Waals surface area contributed by atoms with Crippen LogP contribution in [0.2, 0.25) is 0 Å². The number of carbonyl (C=O) groups excluding carboxylic acids is 1. The molecule has 1 atom stereocenters. The van der Waals surface area contributed by atoms with Gasteiger partial charge in [-0.1, -0.05) is 0 Å². The molecule has 1 aliphatic heterocycles. The van der Waals surface area contributed by atoms with Gasteiger partial charge in [0.25, 0.3) is 6.47 Å². The van der Waals surface area contributed by atoms with Crippen molar-refractivity contribution < 1.29 is 14.6 Å². The van der Waals surface area contributed by atoms with Crippen molar-refractivity contribution in [1.29, 1.82) is 0 Å². The molecule has 2 N–H and O–H groups in total. The topological polar surface area (TPSA) is 71.5 Å². The number of rotatable bonds is 3. The summed E-state index contributed by atoms with van der Waals surface area (Å²) in [6.07, 6.45) is 1.92.